The van der Waals surface area contributed by atoms with Crippen molar-refractivity contribution in [1.82, 2.24) is 5.32 Å². The van der Waals surface area contributed by atoms with Crippen LogP contribution in [0, 0.1) is 6.92 Å². The first-order valence-corrected chi connectivity index (χ1v) is 10.4. The minimum Gasteiger partial charge on any atom is -0.490 e. The molecule has 31 heavy (non-hydrogen) atoms. The minimum atomic E-state index is -0.546. The van der Waals surface area contributed by atoms with Crippen LogP contribution in [-0.4, -0.2) is 25.1 Å². The van der Waals surface area contributed by atoms with Gasteiger partial charge in [0.1, 0.15) is 19.0 Å². The number of aryl methyl sites for hydroxylation is 1. The van der Waals surface area contributed by atoms with Gasteiger partial charge >= 0.3 is 5.97 Å². The maximum Gasteiger partial charge on any atom is 0.308 e. The summed E-state index contributed by atoms with van der Waals surface area (Å²) in [4.78, 5) is 25.1. The van der Waals surface area contributed by atoms with E-state index in [1.165, 1.54) is 0 Å². The van der Waals surface area contributed by atoms with Crippen molar-refractivity contribution in [3.05, 3.63) is 101 Å². The van der Waals surface area contributed by atoms with Crippen molar-refractivity contribution in [1.29, 1.82) is 0 Å². The number of rotatable bonds is 9. The Balaban J connectivity index is 1.56. The summed E-state index contributed by atoms with van der Waals surface area (Å²) >= 11 is 6.13. The van der Waals surface area contributed by atoms with Crippen LogP contribution < -0.4 is 10.1 Å². The summed E-state index contributed by atoms with van der Waals surface area (Å²) in [6.45, 7) is 2.36. The van der Waals surface area contributed by atoms with E-state index in [4.69, 9.17) is 21.1 Å². The lowest BCUT2D eigenvalue weighted by Crippen LogP contribution is -2.31. The number of ether oxygens (including phenoxy) is 2. The number of nitrogens with one attached hydrogen (secondary N) is 1. The van der Waals surface area contributed by atoms with E-state index in [-0.39, 0.29) is 25.5 Å². The second-order valence-electron chi connectivity index (χ2n) is 7.00. The highest BCUT2D eigenvalue weighted by Crippen LogP contribution is 2.21. The first-order chi connectivity index (χ1) is 15.0. The van der Waals surface area contributed by atoms with Gasteiger partial charge in [0.05, 0.1) is 23.0 Å². The normalized spacial score (nSPS) is 11.4. The molecule has 0 fully saturated rings. The average Bonchev–Trinajstić information content (AvgIpc) is 2.78. The Kier molecular flexibility index (Phi) is 8.07. The van der Waals surface area contributed by atoms with Gasteiger partial charge in [-0.15, -0.1) is 0 Å². The maximum absolute atomic E-state index is 12.7. The van der Waals surface area contributed by atoms with E-state index in [9.17, 15) is 9.59 Å². The van der Waals surface area contributed by atoms with Crippen molar-refractivity contribution in [2.45, 2.75) is 19.4 Å². The highest BCUT2D eigenvalue weighted by molar-refractivity contribution is 6.33. The molecule has 1 N–H and O–H groups in total. The molecular formula is C25H24ClNO4. The van der Waals surface area contributed by atoms with Crippen molar-refractivity contribution < 1.29 is 19.1 Å². The van der Waals surface area contributed by atoms with Crippen LogP contribution in [0.25, 0.3) is 0 Å². The summed E-state index contributed by atoms with van der Waals surface area (Å²) in [5, 5.41) is 3.24. The smallest absolute Gasteiger partial charge is 0.308 e. The molecule has 0 aromatic heterocycles. The summed E-state index contributed by atoms with van der Waals surface area (Å²) in [7, 11) is 0. The second kappa shape index (κ2) is 11.2. The molecule has 0 saturated heterocycles. The molecular weight excluding hydrogens is 414 g/mol. The lowest BCUT2D eigenvalue weighted by molar-refractivity contribution is -0.144. The fourth-order valence-corrected chi connectivity index (χ4v) is 3.22. The van der Waals surface area contributed by atoms with Crippen molar-refractivity contribution in [3.8, 4) is 5.75 Å². The van der Waals surface area contributed by atoms with Gasteiger partial charge in [-0.1, -0.05) is 71.8 Å². The molecule has 0 saturated carbocycles. The van der Waals surface area contributed by atoms with Gasteiger partial charge in [0.2, 0.25) is 0 Å². The molecule has 3 aromatic rings. The molecule has 5 nitrogen and oxygen atoms in total. The van der Waals surface area contributed by atoms with Crippen LogP contribution in [0.2, 0.25) is 5.02 Å². The van der Waals surface area contributed by atoms with Gasteiger partial charge in [0.25, 0.3) is 5.91 Å². The van der Waals surface area contributed by atoms with Crippen molar-refractivity contribution in [2.75, 3.05) is 13.2 Å². The monoisotopic (exact) mass is 437 g/mol. The van der Waals surface area contributed by atoms with Crippen LogP contribution in [0.15, 0.2) is 78.9 Å². The summed E-state index contributed by atoms with van der Waals surface area (Å²) < 4.78 is 10.9. The van der Waals surface area contributed by atoms with Crippen molar-refractivity contribution in [2.24, 2.45) is 0 Å². The summed E-state index contributed by atoms with van der Waals surface area (Å²) in [6.07, 6.45) is -0.00919. The van der Waals surface area contributed by atoms with E-state index in [1.54, 1.807) is 24.3 Å². The van der Waals surface area contributed by atoms with Gasteiger partial charge in [-0.2, -0.15) is 0 Å². The number of carbonyl (C=O) groups is 2. The Bertz CT molecular complexity index is 1010. The fraction of sp³-hybridized carbons (Fsp3) is 0.200. The van der Waals surface area contributed by atoms with Gasteiger partial charge in [-0.25, -0.2) is 0 Å². The fourth-order valence-electron chi connectivity index (χ4n) is 2.99. The van der Waals surface area contributed by atoms with Gasteiger partial charge < -0.3 is 14.8 Å². The Morgan fingerprint density at radius 2 is 1.58 bits per heavy atom. The first-order valence-electron chi connectivity index (χ1n) is 9.98. The SMILES string of the molecule is Cc1ccc(OCCOC(=O)CC(NC(=O)c2ccccc2Cl)c2ccccc2)cc1. The molecule has 0 bridgehead atoms. The van der Waals surface area contributed by atoms with E-state index in [0.717, 1.165) is 16.9 Å². The lowest BCUT2D eigenvalue weighted by atomic mass is 10.0. The number of benzene rings is 3. The van der Waals surface area contributed by atoms with Gasteiger partial charge in [-0.3, -0.25) is 9.59 Å². The van der Waals surface area contributed by atoms with E-state index in [1.807, 2.05) is 61.5 Å². The number of carbonyl (C=O) groups excluding carboxylic acids is 2. The zero-order valence-electron chi connectivity index (χ0n) is 17.2. The van der Waals surface area contributed by atoms with Crippen molar-refractivity contribution in [3.63, 3.8) is 0 Å². The third-order valence-electron chi connectivity index (χ3n) is 4.63. The summed E-state index contributed by atoms with van der Waals surface area (Å²) in [6, 6.07) is 23.2. The van der Waals surface area contributed by atoms with Gasteiger partial charge in [-0.05, 0) is 36.8 Å². The highest BCUT2D eigenvalue weighted by Gasteiger charge is 2.21. The maximum atomic E-state index is 12.7. The average molecular weight is 438 g/mol. The predicted octanol–water partition coefficient (Wildman–Crippen LogP) is 5.13. The molecule has 0 spiro atoms. The third kappa shape index (κ3) is 6.86. The third-order valence-corrected chi connectivity index (χ3v) is 4.96. The molecule has 3 rings (SSSR count). The molecule has 1 amide bonds. The number of hydrogen-bond acceptors (Lipinski definition) is 4. The molecule has 1 atom stereocenters. The standard InChI is InChI=1S/C25H24ClNO4/c1-18-11-13-20(14-12-18)30-15-16-31-24(28)17-23(19-7-3-2-4-8-19)27-25(29)21-9-5-6-10-22(21)26/h2-14,23H,15-17H2,1H3,(H,27,29). The highest BCUT2D eigenvalue weighted by atomic mass is 35.5. The van der Waals surface area contributed by atoms with E-state index >= 15 is 0 Å². The predicted molar refractivity (Wildman–Crippen MR) is 120 cm³/mol. The Hall–Kier alpha value is -3.31. The van der Waals surface area contributed by atoms with E-state index in [0.29, 0.717) is 10.6 Å². The van der Waals surface area contributed by atoms with Crippen LogP contribution in [-0.2, 0) is 9.53 Å². The Morgan fingerprint density at radius 3 is 2.29 bits per heavy atom. The summed E-state index contributed by atoms with van der Waals surface area (Å²) in [5.41, 5.74) is 2.30. The van der Waals surface area contributed by atoms with Gasteiger partial charge in [0.15, 0.2) is 0 Å². The number of esters is 1. The first kappa shape index (κ1) is 22.4. The minimum absolute atomic E-state index is 0.00919. The lowest BCUT2D eigenvalue weighted by Gasteiger charge is -2.19. The molecule has 6 heteroatoms. The molecule has 1 unspecified atom stereocenters. The van der Waals surface area contributed by atoms with Crippen LogP contribution in [0.3, 0.4) is 0 Å². The van der Waals surface area contributed by atoms with Crippen LogP contribution in [0.5, 0.6) is 5.75 Å². The molecule has 0 aliphatic heterocycles. The van der Waals surface area contributed by atoms with Gasteiger partial charge in [0, 0.05) is 0 Å². The largest absolute Gasteiger partial charge is 0.490 e. The van der Waals surface area contributed by atoms with Crippen LogP contribution in [0.4, 0.5) is 0 Å². The van der Waals surface area contributed by atoms with E-state index < -0.39 is 12.0 Å². The number of halogens is 1. The molecule has 0 aliphatic rings. The molecule has 160 valence electrons. The van der Waals surface area contributed by atoms with Crippen LogP contribution in [0.1, 0.15) is 33.9 Å². The molecule has 3 aromatic carbocycles. The van der Waals surface area contributed by atoms with Crippen LogP contribution >= 0.6 is 11.6 Å². The van der Waals surface area contributed by atoms with Crippen molar-refractivity contribution >= 4 is 23.5 Å². The Morgan fingerprint density at radius 1 is 0.903 bits per heavy atom. The number of amides is 1. The summed E-state index contributed by atoms with van der Waals surface area (Å²) in [5.74, 6) is -0.0633. The zero-order valence-corrected chi connectivity index (χ0v) is 18.0. The quantitative estimate of drug-likeness (QED) is 0.372. The number of hydrogen-bond donors (Lipinski definition) is 1. The zero-order chi connectivity index (χ0) is 22.1. The molecule has 0 heterocycles. The molecule has 0 radical (unpaired) electrons. The topological polar surface area (TPSA) is 64.6 Å². The Labute approximate surface area is 187 Å². The molecule has 0 aliphatic carbocycles. The second-order valence-corrected chi connectivity index (χ2v) is 7.41. The van der Waals surface area contributed by atoms with E-state index in [2.05, 4.69) is 5.32 Å².